The number of aliphatic imine (C=N–C) groups is 1. The quantitative estimate of drug-likeness (QED) is 0.456. The average molecular weight is 470 g/mol. The Morgan fingerprint density at radius 1 is 1.10 bits per heavy atom. The first kappa shape index (κ1) is 19.7. The Labute approximate surface area is 182 Å². The Bertz CT molecular complexity index is 1070. The molecule has 0 spiro atoms. The summed E-state index contributed by atoms with van der Waals surface area (Å²) in [6.45, 7) is 0.0729. The lowest BCUT2D eigenvalue weighted by Gasteiger charge is -2.38. The van der Waals surface area contributed by atoms with Gasteiger partial charge in [-0.05, 0) is 48.0 Å². The van der Waals surface area contributed by atoms with Crippen LogP contribution in [0, 0.1) is 0 Å². The number of hydrogen-bond acceptors (Lipinski definition) is 4. The van der Waals surface area contributed by atoms with E-state index >= 15 is 0 Å². The fourth-order valence-electron chi connectivity index (χ4n) is 3.51. The molecule has 0 radical (unpaired) electrons. The van der Waals surface area contributed by atoms with Crippen molar-refractivity contribution in [1.82, 2.24) is 4.90 Å². The van der Waals surface area contributed by atoms with Crippen LogP contribution in [0.3, 0.4) is 0 Å². The Morgan fingerprint density at radius 2 is 1.83 bits per heavy atom. The van der Waals surface area contributed by atoms with Gasteiger partial charge < -0.3 is 9.64 Å². The molecule has 0 bridgehead atoms. The number of ether oxygens (including phenoxy) is 1. The van der Waals surface area contributed by atoms with E-state index in [0.717, 1.165) is 26.9 Å². The zero-order chi connectivity index (χ0) is 20.4. The largest absolute Gasteiger partial charge is 0.468 e. The van der Waals surface area contributed by atoms with Crippen LogP contribution in [-0.2, 0) is 9.53 Å². The zero-order valence-corrected chi connectivity index (χ0v) is 18.0. The van der Waals surface area contributed by atoms with Gasteiger partial charge >= 0.3 is 5.97 Å². The smallest absolute Gasteiger partial charge is 0.325 e. The van der Waals surface area contributed by atoms with Crippen LogP contribution in [-0.4, -0.2) is 30.4 Å². The number of halogens is 2. The normalized spacial score (nSPS) is 15.5. The van der Waals surface area contributed by atoms with Crippen LogP contribution in [0.2, 0.25) is 5.02 Å². The Morgan fingerprint density at radius 3 is 2.52 bits per heavy atom. The van der Waals surface area contributed by atoms with E-state index in [1.807, 2.05) is 59.5 Å². The van der Waals surface area contributed by atoms with Gasteiger partial charge in [0.05, 0.1) is 18.8 Å². The van der Waals surface area contributed by atoms with Crippen LogP contribution >= 0.6 is 27.5 Å². The van der Waals surface area contributed by atoms with Crippen LogP contribution in [0.4, 0.5) is 5.69 Å². The van der Waals surface area contributed by atoms with E-state index in [2.05, 4.69) is 34.1 Å². The van der Waals surface area contributed by atoms with E-state index in [1.54, 1.807) is 0 Å². The van der Waals surface area contributed by atoms with E-state index in [0.29, 0.717) is 10.9 Å². The third-order valence-electron chi connectivity index (χ3n) is 4.84. The fraction of sp³-hybridized carbons (Fsp3) is 0.130. The first-order valence-electron chi connectivity index (χ1n) is 9.09. The number of fused-ring (bicyclic) bond motifs is 1. The molecule has 0 N–H and O–H groups in total. The summed E-state index contributed by atoms with van der Waals surface area (Å²) >= 11 is 9.65. The van der Waals surface area contributed by atoms with E-state index < -0.39 is 0 Å². The lowest BCUT2D eigenvalue weighted by molar-refractivity contribution is -0.141. The fourth-order valence-corrected chi connectivity index (χ4v) is 4.01. The number of esters is 1. The molecular weight excluding hydrogens is 452 g/mol. The molecule has 1 aliphatic heterocycles. The number of amidine groups is 1. The van der Waals surface area contributed by atoms with Gasteiger partial charge in [0.1, 0.15) is 12.4 Å². The van der Waals surface area contributed by atoms with E-state index in [9.17, 15) is 4.79 Å². The number of benzene rings is 3. The van der Waals surface area contributed by atoms with Crippen molar-refractivity contribution in [1.29, 1.82) is 0 Å². The highest BCUT2D eigenvalue weighted by Gasteiger charge is 2.33. The van der Waals surface area contributed by atoms with Gasteiger partial charge in [-0.25, -0.2) is 4.99 Å². The van der Waals surface area contributed by atoms with E-state index in [1.165, 1.54) is 7.11 Å². The predicted molar refractivity (Wildman–Crippen MR) is 119 cm³/mol. The second-order valence-electron chi connectivity index (χ2n) is 6.66. The van der Waals surface area contributed by atoms with Gasteiger partial charge in [-0.2, -0.15) is 0 Å². The van der Waals surface area contributed by atoms with Gasteiger partial charge in [-0.3, -0.25) is 4.79 Å². The zero-order valence-electron chi connectivity index (χ0n) is 15.7. The van der Waals surface area contributed by atoms with Crippen LogP contribution in [0.1, 0.15) is 22.7 Å². The number of carbonyl (C=O) groups excluding carboxylic acids is 1. The summed E-state index contributed by atoms with van der Waals surface area (Å²) in [7, 11) is 1.40. The van der Waals surface area contributed by atoms with Crippen LogP contribution in [0.15, 0.2) is 82.3 Å². The third-order valence-corrected chi connectivity index (χ3v) is 5.58. The summed E-state index contributed by atoms with van der Waals surface area (Å²) in [5.41, 5.74) is 3.84. The number of nitrogens with zero attached hydrogens (tertiary/aromatic N) is 2. The first-order chi connectivity index (χ1) is 14.1. The minimum Gasteiger partial charge on any atom is -0.468 e. The van der Waals surface area contributed by atoms with Gasteiger partial charge in [0.2, 0.25) is 0 Å². The van der Waals surface area contributed by atoms with Gasteiger partial charge in [0, 0.05) is 20.6 Å². The SMILES string of the molecule is COC(=O)CN1C(c2ccc(Cl)cc2)=Nc2ccc(Br)cc2[C@H]1c1ccccc1. The van der Waals surface area contributed by atoms with Crippen molar-refractivity contribution < 1.29 is 9.53 Å². The third kappa shape index (κ3) is 4.07. The minimum absolute atomic E-state index is 0.0729. The van der Waals surface area contributed by atoms with Gasteiger partial charge in [0.25, 0.3) is 0 Å². The van der Waals surface area contributed by atoms with Crippen molar-refractivity contribution >= 4 is 45.0 Å². The van der Waals surface area contributed by atoms with Gasteiger partial charge in [-0.1, -0.05) is 57.9 Å². The van der Waals surface area contributed by atoms with Gasteiger partial charge in [-0.15, -0.1) is 0 Å². The molecule has 4 nitrogen and oxygen atoms in total. The molecule has 4 rings (SSSR count). The van der Waals surface area contributed by atoms with Crippen molar-refractivity contribution in [3.8, 4) is 0 Å². The molecule has 0 amide bonds. The summed E-state index contributed by atoms with van der Waals surface area (Å²) < 4.78 is 5.94. The topological polar surface area (TPSA) is 41.9 Å². The first-order valence-corrected chi connectivity index (χ1v) is 10.3. The Balaban J connectivity index is 1.94. The molecule has 3 aromatic carbocycles. The molecule has 29 heavy (non-hydrogen) atoms. The Hall–Kier alpha value is -2.63. The molecule has 0 saturated heterocycles. The lowest BCUT2D eigenvalue weighted by atomic mass is 9.93. The van der Waals surface area contributed by atoms with Gasteiger partial charge in [0.15, 0.2) is 0 Å². The molecular formula is C23H18BrClN2O2. The summed E-state index contributed by atoms with van der Waals surface area (Å²) in [6.07, 6.45) is 0. The standard InChI is InChI=1S/C23H18BrClN2O2/c1-29-21(28)14-27-22(15-5-3-2-4-6-15)19-13-17(24)9-12-20(19)26-23(27)16-7-10-18(25)11-8-16/h2-13,22H,14H2,1H3/t22-/m1/s1. The second kappa shape index (κ2) is 8.39. The summed E-state index contributed by atoms with van der Waals surface area (Å²) in [4.78, 5) is 19.2. The van der Waals surface area contributed by atoms with E-state index in [-0.39, 0.29) is 18.6 Å². The van der Waals surface area contributed by atoms with E-state index in [4.69, 9.17) is 21.3 Å². The number of carbonyl (C=O) groups is 1. The van der Waals surface area contributed by atoms with Crippen molar-refractivity contribution in [2.24, 2.45) is 4.99 Å². The second-order valence-corrected chi connectivity index (χ2v) is 8.01. The van der Waals surface area contributed by atoms with Crippen molar-refractivity contribution in [3.05, 3.63) is 99.0 Å². The Kier molecular flexibility index (Phi) is 5.69. The molecule has 0 aliphatic carbocycles. The average Bonchev–Trinajstić information content (AvgIpc) is 2.74. The molecule has 1 heterocycles. The molecule has 0 saturated carbocycles. The summed E-state index contributed by atoms with van der Waals surface area (Å²) in [6, 6.07) is 23.4. The molecule has 146 valence electrons. The molecule has 1 aliphatic rings. The summed E-state index contributed by atoms with van der Waals surface area (Å²) in [5.74, 6) is 0.377. The van der Waals surface area contributed by atoms with Crippen LogP contribution in [0.25, 0.3) is 0 Å². The number of rotatable bonds is 4. The maximum atomic E-state index is 12.3. The molecule has 1 atom stereocenters. The highest BCUT2D eigenvalue weighted by Crippen LogP contribution is 2.41. The molecule has 0 aromatic heterocycles. The highest BCUT2D eigenvalue weighted by atomic mass is 79.9. The highest BCUT2D eigenvalue weighted by molar-refractivity contribution is 9.10. The van der Waals surface area contributed by atoms with Crippen molar-refractivity contribution in [2.75, 3.05) is 13.7 Å². The molecule has 0 fully saturated rings. The lowest BCUT2D eigenvalue weighted by Crippen LogP contribution is -2.42. The molecule has 6 heteroatoms. The monoisotopic (exact) mass is 468 g/mol. The van der Waals surface area contributed by atoms with Crippen molar-refractivity contribution in [2.45, 2.75) is 6.04 Å². The maximum Gasteiger partial charge on any atom is 0.325 e. The van der Waals surface area contributed by atoms with Crippen LogP contribution in [0.5, 0.6) is 0 Å². The van der Waals surface area contributed by atoms with Crippen molar-refractivity contribution in [3.63, 3.8) is 0 Å². The minimum atomic E-state index is -0.328. The van der Waals surface area contributed by atoms with Crippen LogP contribution < -0.4 is 0 Å². The number of methoxy groups -OCH3 is 1. The molecule has 3 aromatic rings. The molecule has 0 unspecified atom stereocenters. The summed E-state index contributed by atoms with van der Waals surface area (Å²) in [5, 5.41) is 0.647. The maximum absolute atomic E-state index is 12.3. The number of hydrogen-bond donors (Lipinski definition) is 0. The predicted octanol–water partition coefficient (Wildman–Crippen LogP) is 5.76.